The lowest BCUT2D eigenvalue weighted by molar-refractivity contribution is -0.168. The number of carbonyl (C=O) groups is 1. The first kappa shape index (κ1) is 19.8. The van der Waals surface area contributed by atoms with E-state index in [0.29, 0.717) is 36.3 Å². The van der Waals surface area contributed by atoms with Crippen LogP contribution in [0.5, 0.6) is 11.5 Å². The highest BCUT2D eigenvalue weighted by molar-refractivity contribution is 5.93. The predicted octanol–water partition coefficient (Wildman–Crippen LogP) is 4.34. The van der Waals surface area contributed by atoms with Crippen molar-refractivity contribution in [2.45, 2.75) is 48.9 Å². The Morgan fingerprint density at radius 2 is 1.84 bits per heavy atom. The molecular weight excluding hydrogens is 388 g/mol. The first-order chi connectivity index (χ1) is 15.0. The molecule has 6 rings (SSSR count). The van der Waals surface area contributed by atoms with Crippen LogP contribution in [0.25, 0.3) is 0 Å². The molecule has 2 bridgehead atoms. The largest absolute Gasteiger partial charge is 0.488 e. The molecule has 2 aromatic rings. The second-order valence-electron chi connectivity index (χ2n) is 8.64. The number of carbonyl (C=O) groups excluding carboxylic acids is 1. The van der Waals surface area contributed by atoms with Crippen LogP contribution in [0, 0.1) is 0 Å². The van der Waals surface area contributed by atoms with E-state index in [1.54, 1.807) is 6.08 Å². The summed E-state index contributed by atoms with van der Waals surface area (Å²) in [4.78, 5) is 13.4. The van der Waals surface area contributed by atoms with Gasteiger partial charge in [-0.15, -0.1) is 19.7 Å². The van der Waals surface area contributed by atoms with Crippen molar-refractivity contribution in [3.63, 3.8) is 0 Å². The molecule has 0 amide bonds. The molecule has 0 unspecified atom stereocenters. The van der Waals surface area contributed by atoms with Crippen molar-refractivity contribution in [3.8, 4) is 11.5 Å². The van der Waals surface area contributed by atoms with Crippen LogP contribution in [0.2, 0.25) is 0 Å². The van der Waals surface area contributed by atoms with Crippen LogP contribution in [-0.2, 0) is 28.7 Å². The van der Waals surface area contributed by atoms with Crippen LogP contribution in [0.3, 0.4) is 0 Å². The van der Waals surface area contributed by atoms with Gasteiger partial charge in [0.2, 0.25) is 0 Å². The maximum Gasteiger partial charge on any atom is 0.189 e. The van der Waals surface area contributed by atoms with Crippen LogP contribution in [0.15, 0.2) is 74.4 Å². The highest BCUT2D eigenvalue weighted by Crippen LogP contribution is 2.61. The third-order valence-corrected chi connectivity index (χ3v) is 6.99. The Morgan fingerprint density at radius 3 is 2.58 bits per heavy atom. The number of fused-ring (bicyclic) bond motifs is 2. The molecule has 3 heterocycles. The highest BCUT2D eigenvalue weighted by Gasteiger charge is 2.71. The van der Waals surface area contributed by atoms with Gasteiger partial charge in [0.1, 0.15) is 17.6 Å². The number of hydrogen-bond acceptors (Lipinski definition) is 4. The van der Waals surface area contributed by atoms with Crippen molar-refractivity contribution in [3.05, 3.63) is 96.6 Å². The van der Waals surface area contributed by atoms with Gasteiger partial charge in [-0.05, 0) is 48.6 Å². The van der Waals surface area contributed by atoms with Crippen molar-refractivity contribution < 1.29 is 19.4 Å². The molecule has 3 aliphatic heterocycles. The average molecular weight is 415 g/mol. The maximum atomic E-state index is 13.4. The fourth-order valence-electron chi connectivity index (χ4n) is 5.77. The van der Waals surface area contributed by atoms with Crippen molar-refractivity contribution in [1.29, 1.82) is 0 Å². The van der Waals surface area contributed by atoms with E-state index in [4.69, 9.17) is 9.47 Å². The zero-order valence-electron chi connectivity index (χ0n) is 17.5. The Kier molecular flexibility index (Phi) is 4.45. The van der Waals surface area contributed by atoms with Gasteiger partial charge in [-0.1, -0.05) is 36.4 Å². The fraction of sp³-hybridized carbons (Fsp3) is 0.296. The minimum Gasteiger partial charge on any atom is -0.488 e. The molecular formula is C27H26O4. The maximum absolute atomic E-state index is 13.4. The highest BCUT2D eigenvalue weighted by atomic mass is 16.5. The topological polar surface area (TPSA) is 55.8 Å². The number of aliphatic hydroxyl groups is 1. The summed E-state index contributed by atoms with van der Waals surface area (Å²) in [6.07, 6.45) is 6.14. The lowest BCUT2D eigenvalue weighted by Gasteiger charge is -2.47. The molecule has 0 radical (unpaired) electrons. The molecule has 1 saturated carbocycles. The summed E-state index contributed by atoms with van der Waals surface area (Å²) in [7, 11) is 0. The van der Waals surface area contributed by atoms with Crippen LogP contribution < -0.4 is 9.47 Å². The second kappa shape index (κ2) is 6.96. The van der Waals surface area contributed by atoms with E-state index < -0.39 is 23.2 Å². The number of hydrogen-bond donors (Lipinski definition) is 1. The zero-order chi connectivity index (χ0) is 21.8. The van der Waals surface area contributed by atoms with Gasteiger partial charge in [-0.25, -0.2) is 0 Å². The SMILES string of the molecule is C=CCc1ccc2c(c1)[C@@]1(O)C(=O)C[C@@H](O2)[C@@]2(CC=C)c3c(CC=C)cccc3O[C@H]21. The Bertz CT molecular complexity index is 1120. The molecule has 1 aliphatic carbocycles. The van der Waals surface area contributed by atoms with Crippen LogP contribution in [-0.4, -0.2) is 23.1 Å². The van der Waals surface area contributed by atoms with Crippen LogP contribution in [0.1, 0.15) is 35.1 Å². The van der Waals surface area contributed by atoms with E-state index in [0.717, 1.165) is 16.7 Å². The molecule has 31 heavy (non-hydrogen) atoms. The summed E-state index contributed by atoms with van der Waals surface area (Å²) in [5, 5.41) is 12.1. The molecule has 0 spiro atoms. The first-order valence-corrected chi connectivity index (χ1v) is 10.7. The molecule has 4 atom stereocenters. The normalized spacial score (nSPS) is 29.6. The van der Waals surface area contributed by atoms with E-state index >= 15 is 0 Å². The van der Waals surface area contributed by atoms with Gasteiger partial charge >= 0.3 is 0 Å². The number of ether oxygens (including phenoxy) is 2. The van der Waals surface area contributed by atoms with Crippen molar-refractivity contribution >= 4 is 5.78 Å². The quantitative estimate of drug-likeness (QED) is 0.715. The molecule has 4 aliphatic rings. The Morgan fingerprint density at radius 1 is 1.03 bits per heavy atom. The van der Waals surface area contributed by atoms with Crippen LogP contribution >= 0.6 is 0 Å². The van der Waals surface area contributed by atoms with E-state index in [9.17, 15) is 9.90 Å². The summed E-state index contributed by atoms with van der Waals surface area (Å²) in [5.41, 5.74) is 0.967. The first-order valence-electron chi connectivity index (χ1n) is 10.7. The van der Waals surface area contributed by atoms with E-state index in [-0.39, 0.29) is 12.2 Å². The summed E-state index contributed by atoms with van der Waals surface area (Å²) in [6, 6.07) is 11.6. The molecule has 158 valence electrons. The lowest BCUT2D eigenvalue weighted by Crippen LogP contribution is -2.65. The molecule has 0 aromatic heterocycles. The number of ketones is 1. The molecule has 2 aromatic carbocycles. The molecule has 1 N–H and O–H groups in total. The number of allylic oxidation sites excluding steroid dienone is 3. The second-order valence-corrected chi connectivity index (χ2v) is 8.64. The molecule has 4 nitrogen and oxygen atoms in total. The Hall–Kier alpha value is -3.11. The number of Topliss-reactive ketones (excluding diaryl/α,β-unsaturated/α-hetero) is 1. The van der Waals surface area contributed by atoms with Gasteiger partial charge in [0, 0.05) is 17.5 Å². The molecule has 4 heteroatoms. The van der Waals surface area contributed by atoms with Gasteiger partial charge < -0.3 is 14.6 Å². The van der Waals surface area contributed by atoms with E-state index in [1.165, 1.54) is 0 Å². The number of benzene rings is 2. The summed E-state index contributed by atoms with van der Waals surface area (Å²) >= 11 is 0. The molecule has 1 fully saturated rings. The van der Waals surface area contributed by atoms with Crippen molar-refractivity contribution in [2.75, 3.05) is 0 Å². The smallest absolute Gasteiger partial charge is 0.189 e. The van der Waals surface area contributed by atoms with Crippen LogP contribution in [0.4, 0.5) is 0 Å². The summed E-state index contributed by atoms with van der Waals surface area (Å²) in [6.45, 7) is 11.7. The van der Waals surface area contributed by atoms with Gasteiger partial charge in [0.15, 0.2) is 17.5 Å². The van der Waals surface area contributed by atoms with Gasteiger partial charge in [-0.2, -0.15) is 0 Å². The standard InChI is InChI=1S/C27H26O4/c1-4-8-17-12-13-20-19(15-17)27(29)22(28)16-23(30-20)26(14-6-3)24-18(9-5-2)10-7-11-21(24)31-25(26)27/h4-7,10-13,15,23,25,29H,1-3,8-9,14,16H2/t23-,25-,26+,27-/m1/s1. The Balaban J connectivity index is 1.79. The van der Waals surface area contributed by atoms with E-state index in [1.807, 2.05) is 42.5 Å². The van der Waals surface area contributed by atoms with Gasteiger partial charge in [0.25, 0.3) is 0 Å². The third kappa shape index (κ3) is 2.48. The average Bonchev–Trinajstić information content (AvgIpc) is 3.02. The van der Waals surface area contributed by atoms with Gasteiger partial charge in [0.05, 0.1) is 5.41 Å². The third-order valence-electron chi connectivity index (χ3n) is 6.99. The number of rotatable bonds is 6. The minimum absolute atomic E-state index is 0.109. The fourth-order valence-corrected chi connectivity index (χ4v) is 5.77. The minimum atomic E-state index is -1.81. The summed E-state index contributed by atoms with van der Waals surface area (Å²) < 4.78 is 13.0. The molecule has 0 saturated heterocycles. The van der Waals surface area contributed by atoms with E-state index in [2.05, 4.69) is 25.8 Å². The van der Waals surface area contributed by atoms with Gasteiger partial charge in [-0.3, -0.25) is 4.79 Å². The zero-order valence-corrected chi connectivity index (χ0v) is 17.5. The lowest BCUT2D eigenvalue weighted by atomic mass is 9.57. The van der Waals surface area contributed by atoms with Crippen molar-refractivity contribution in [1.82, 2.24) is 0 Å². The van der Waals surface area contributed by atoms with Crippen molar-refractivity contribution in [2.24, 2.45) is 0 Å². The summed E-state index contributed by atoms with van der Waals surface area (Å²) in [5.74, 6) is 0.962. The predicted molar refractivity (Wildman–Crippen MR) is 120 cm³/mol. The monoisotopic (exact) mass is 414 g/mol. The Labute approximate surface area is 182 Å².